The Morgan fingerprint density at radius 2 is 1.88 bits per heavy atom. The first-order valence-electron chi connectivity index (χ1n) is 4.93. The van der Waals surface area contributed by atoms with E-state index < -0.39 is 0 Å². The number of hydrogen-bond acceptors (Lipinski definition) is 4. The number of aromatic nitrogens is 2. The highest BCUT2D eigenvalue weighted by molar-refractivity contribution is 6.69. The topological polar surface area (TPSA) is 50.5 Å². The molecule has 0 aliphatic heterocycles. The Bertz CT molecular complexity index is 523. The molecule has 0 aliphatic rings. The van der Waals surface area contributed by atoms with E-state index in [1.807, 2.05) is 18.2 Å². The van der Waals surface area contributed by atoms with Crippen LogP contribution in [0.3, 0.4) is 0 Å². The van der Waals surface area contributed by atoms with Gasteiger partial charge in [-0.3, -0.25) is 9.97 Å². The first kappa shape index (κ1) is 11.4. The van der Waals surface area contributed by atoms with Gasteiger partial charge in [-0.15, -0.1) is 5.10 Å². The Morgan fingerprint density at radius 3 is 2.53 bits per heavy atom. The first-order valence-corrected chi connectivity index (χ1v) is 5.31. The van der Waals surface area contributed by atoms with Crippen LogP contribution in [0.25, 0.3) is 0 Å². The molecule has 0 fully saturated rings. The van der Waals surface area contributed by atoms with E-state index in [1.54, 1.807) is 37.1 Å². The van der Waals surface area contributed by atoms with Crippen LogP contribution < -0.4 is 0 Å². The standard InChI is InChI=1S/C12H9ClN4/c13-12(11-4-2-6-15-9-11)17-16-8-10-3-1-5-14-7-10/h1-9H/b16-8-,17-12+. The van der Waals surface area contributed by atoms with Gasteiger partial charge in [-0.1, -0.05) is 17.7 Å². The van der Waals surface area contributed by atoms with Crippen LogP contribution in [-0.4, -0.2) is 21.4 Å². The number of rotatable bonds is 3. The first-order chi connectivity index (χ1) is 8.36. The number of hydrogen-bond donors (Lipinski definition) is 0. The molecule has 0 saturated carbocycles. The van der Waals surface area contributed by atoms with Gasteiger partial charge in [-0.2, -0.15) is 5.10 Å². The molecule has 0 spiro atoms. The van der Waals surface area contributed by atoms with Crippen LogP contribution in [0.2, 0.25) is 0 Å². The van der Waals surface area contributed by atoms with Gasteiger partial charge in [-0.25, -0.2) is 0 Å². The largest absolute Gasteiger partial charge is 0.264 e. The fraction of sp³-hybridized carbons (Fsp3) is 0. The van der Waals surface area contributed by atoms with E-state index in [-0.39, 0.29) is 0 Å². The maximum absolute atomic E-state index is 5.95. The number of pyridine rings is 2. The summed E-state index contributed by atoms with van der Waals surface area (Å²) in [7, 11) is 0. The van der Waals surface area contributed by atoms with Gasteiger partial charge in [0.15, 0.2) is 5.17 Å². The molecule has 84 valence electrons. The van der Waals surface area contributed by atoms with Crippen molar-refractivity contribution in [3.05, 3.63) is 60.2 Å². The summed E-state index contributed by atoms with van der Waals surface area (Å²) in [6, 6.07) is 7.31. The summed E-state index contributed by atoms with van der Waals surface area (Å²) in [4.78, 5) is 7.90. The van der Waals surface area contributed by atoms with Crippen molar-refractivity contribution in [3.8, 4) is 0 Å². The summed E-state index contributed by atoms with van der Waals surface area (Å²) in [6.45, 7) is 0. The van der Waals surface area contributed by atoms with Crippen molar-refractivity contribution >= 4 is 23.0 Å². The van der Waals surface area contributed by atoms with E-state index >= 15 is 0 Å². The third kappa shape index (κ3) is 3.46. The van der Waals surface area contributed by atoms with Crippen LogP contribution in [0.4, 0.5) is 0 Å². The number of halogens is 1. The monoisotopic (exact) mass is 244 g/mol. The maximum atomic E-state index is 5.95. The molecular formula is C12H9ClN4. The fourth-order valence-corrected chi connectivity index (χ4v) is 1.30. The molecule has 0 aromatic carbocycles. The second-order valence-electron chi connectivity index (χ2n) is 3.16. The fourth-order valence-electron chi connectivity index (χ4n) is 1.14. The minimum atomic E-state index is 0.304. The second-order valence-corrected chi connectivity index (χ2v) is 3.52. The summed E-state index contributed by atoms with van der Waals surface area (Å²) in [5.41, 5.74) is 1.60. The molecule has 0 aliphatic carbocycles. The lowest BCUT2D eigenvalue weighted by Gasteiger charge is -1.93. The van der Waals surface area contributed by atoms with Crippen LogP contribution in [0.5, 0.6) is 0 Å². The van der Waals surface area contributed by atoms with Crippen molar-refractivity contribution in [2.24, 2.45) is 10.2 Å². The Labute approximate surface area is 104 Å². The van der Waals surface area contributed by atoms with Gasteiger partial charge in [0.2, 0.25) is 0 Å². The molecule has 0 N–H and O–H groups in total. The summed E-state index contributed by atoms with van der Waals surface area (Å²) in [5, 5.41) is 8.06. The molecule has 2 heterocycles. The van der Waals surface area contributed by atoms with Crippen LogP contribution in [0.1, 0.15) is 11.1 Å². The van der Waals surface area contributed by atoms with Crippen molar-refractivity contribution in [1.29, 1.82) is 0 Å². The molecule has 4 nitrogen and oxygen atoms in total. The lowest BCUT2D eigenvalue weighted by molar-refractivity contribution is 1.24. The Kier molecular flexibility index (Phi) is 3.94. The molecule has 2 rings (SSSR count). The highest BCUT2D eigenvalue weighted by Gasteiger charge is 1.97. The van der Waals surface area contributed by atoms with E-state index in [0.717, 1.165) is 11.1 Å². The zero-order valence-corrected chi connectivity index (χ0v) is 9.62. The van der Waals surface area contributed by atoms with Crippen LogP contribution >= 0.6 is 11.6 Å². The highest BCUT2D eigenvalue weighted by atomic mass is 35.5. The molecule has 2 aromatic heterocycles. The molecule has 0 saturated heterocycles. The molecule has 17 heavy (non-hydrogen) atoms. The second kappa shape index (κ2) is 5.86. The molecule has 0 radical (unpaired) electrons. The Hall–Kier alpha value is -2.07. The minimum absolute atomic E-state index is 0.304. The quantitative estimate of drug-likeness (QED) is 0.615. The normalized spacial score (nSPS) is 11.9. The number of nitrogens with zero attached hydrogens (tertiary/aromatic N) is 4. The lowest BCUT2D eigenvalue weighted by atomic mass is 10.3. The summed E-state index contributed by atoms with van der Waals surface area (Å²) in [5.74, 6) is 0. The van der Waals surface area contributed by atoms with E-state index in [0.29, 0.717) is 5.17 Å². The van der Waals surface area contributed by atoms with Gasteiger partial charge in [0.1, 0.15) is 0 Å². The smallest absolute Gasteiger partial charge is 0.160 e. The van der Waals surface area contributed by atoms with Crippen molar-refractivity contribution in [1.82, 2.24) is 9.97 Å². The summed E-state index contributed by atoms with van der Waals surface area (Å²) in [6.07, 6.45) is 8.28. The van der Waals surface area contributed by atoms with E-state index in [9.17, 15) is 0 Å². The van der Waals surface area contributed by atoms with Crippen LogP contribution in [0, 0.1) is 0 Å². The van der Waals surface area contributed by atoms with Crippen molar-refractivity contribution in [3.63, 3.8) is 0 Å². The third-order valence-electron chi connectivity index (χ3n) is 1.94. The van der Waals surface area contributed by atoms with E-state index in [2.05, 4.69) is 20.2 Å². The van der Waals surface area contributed by atoms with Gasteiger partial charge in [0.25, 0.3) is 0 Å². The molecule has 0 amide bonds. The zero-order valence-electron chi connectivity index (χ0n) is 8.86. The molecule has 2 aromatic rings. The summed E-state index contributed by atoms with van der Waals surface area (Å²) < 4.78 is 0. The molecule has 5 heteroatoms. The maximum Gasteiger partial charge on any atom is 0.160 e. The minimum Gasteiger partial charge on any atom is -0.264 e. The van der Waals surface area contributed by atoms with E-state index in [4.69, 9.17) is 11.6 Å². The third-order valence-corrected chi connectivity index (χ3v) is 2.23. The molecule has 0 atom stereocenters. The average Bonchev–Trinajstić information content (AvgIpc) is 2.41. The van der Waals surface area contributed by atoms with Gasteiger partial charge in [-0.05, 0) is 18.2 Å². The highest BCUT2D eigenvalue weighted by Crippen LogP contribution is 2.03. The Morgan fingerprint density at radius 1 is 1.12 bits per heavy atom. The zero-order chi connectivity index (χ0) is 11.9. The predicted molar refractivity (Wildman–Crippen MR) is 68.5 cm³/mol. The van der Waals surface area contributed by atoms with Crippen LogP contribution in [-0.2, 0) is 0 Å². The Balaban J connectivity index is 2.09. The van der Waals surface area contributed by atoms with Crippen molar-refractivity contribution < 1.29 is 0 Å². The van der Waals surface area contributed by atoms with Gasteiger partial charge in [0.05, 0.1) is 6.21 Å². The molecular weight excluding hydrogens is 236 g/mol. The van der Waals surface area contributed by atoms with Gasteiger partial charge in [0, 0.05) is 35.9 Å². The van der Waals surface area contributed by atoms with Gasteiger partial charge < -0.3 is 0 Å². The SMILES string of the molecule is Cl/C(=N/N=C\c1cccnc1)c1cccnc1. The predicted octanol–water partition coefficient (Wildman–Crippen LogP) is 2.50. The van der Waals surface area contributed by atoms with Crippen molar-refractivity contribution in [2.75, 3.05) is 0 Å². The van der Waals surface area contributed by atoms with Crippen LogP contribution in [0.15, 0.2) is 59.3 Å². The average molecular weight is 245 g/mol. The summed E-state index contributed by atoms with van der Waals surface area (Å²) >= 11 is 5.95. The van der Waals surface area contributed by atoms with Crippen molar-refractivity contribution in [2.45, 2.75) is 0 Å². The van der Waals surface area contributed by atoms with Gasteiger partial charge >= 0.3 is 0 Å². The molecule has 0 bridgehead atoms. The van der Waals surface area contributed by atoms with E-state index in [1.165, 1.54) is 0 Å². The lowest BCUT2D eigenvalue weighted by Crippen LogP contribution is -1.90. The molecule has 0 unspecified atom stereocenters.